The third-order valence-electron chi connectivity index (χ3n) is 3.64. The van der Waals surface area contributed by atoms with Gasteiger partial charge in [-0.3, -0.25) is 9.59 Å². The highest BCUT2D eigenvalue weighted by Crippen LogP contribution is 2.28. The van der Waals surface area contributed by atoms with Crippen molar-refractivity contribution in [1.82, 2.24) is 4.98 Å². The Kier molecular flexibility index (Phi) is 4.29. The largest absolute Gasteiger partial charge is 0.504 e. The first-order chi connectivity index (χ1) is 11.0. The number of carbonyl (C=O) groups is 2. The lowest BCUT2D eigenvalue weighted by Gasteiger charge is -2.17. The van der Waals surface area contributed by atoms with Crippen molar-refractivity contribution in [2.75, 3.05) is 16.8 Å². The molecule has 1 aliphatic heterocycles. The monoisotopic (exact) mass is 375 g/mol. The maximum Gasteiger partial charge on any atom is 0.231 e. The molecule has 7 heteroatoms. The van der Waals surface area contributed by atoms with Gasteiger partial charge < -0.3 is 15.3 Å². The lowest BCUT2D eigenvalue weighted by molar-refractivity contribution is -0.122. The summed E-state index contributed by atoms with van der Waals surface area (Å²) < 4.78 is 0.870. The van der Waals surface area contributed by atoms with E-state index in [1.54, 1.807) is 11.0 Å². The molecule has 2 amide bonds. The summed E-state index contributed by atoms with van der Waals surface area (Å²) in [7, 11) is 0. The number of carbonyl (C=O) groups excluding carboxylic acids is 2. The van der Waals surface area contributed by atoms with Gasteiger partial charge >= 0.3 is 0 Å². The van der Waals surface area contributed by atoms with Crippen LogP contribution in [0.4, 0.5) is 11.5 Å². The first-order valence-electron chi connectivity index (χ1n) is 7.05. The van der Waals surface area contributed by atoms with E-state index in [1.165, 1.54) is 12.3 Å². The van der Waals surface area contributed by atoms with E-state index >= 15 is 0 Å². The Balaban J connectivity index is 1.72. The summed E-state index contributed by atoms with van der Waals surface area (Å²) in [5, 5.41) is 12.2. The maximum absolute atomic E-state index is 12.3. The van der Waals surface area contributed by atoms with E-state index in [4.69, 9.17) is 0 Å². The smallest absolute Gasteiger partial charge is 0.231 e. The van der Waals surface area contributed by atoms with Gasteiger partial charge in [0.25, 0.3) is 0 Å². The highest BCUT2D eigenvalue weighted by atomic mass is 79.9. The van der Waals surface area contributed by atoms with E-state index in [0.29, 0.717) is 6.54 Å². The van der Waals surface area contributed by atoms with E-state index in [9.17, 15) is 14.7 Å². The molecule has 2 heterocycles. The zero-order valence-corrected chi connectivity index (χ0v) is 13.7. The number of anilines is 2. The van der Waals surface area contributed by atoms with Gasteiger partial charge in [0.05, 0.1) is 5.92 Å². The number of hydrogen-bond acceptors (Lipinski definition) is 4. The average Bonchev–Trinajstić information content (AvgIpc) is 2.92. The van der Waals surface area contributed by atoms with E-state index in [2.05, 4.69) is 26.2 Å². The Hall–Kier alpha value is -2.41. The van der Waals surface area contributed by atoms with Gasteiger partial charge in [-0.2, -0.15) is 0 Å². The van der Waals surface area contributed by atoms with Crippen molar-refractivity contribution in [1.29, 1.82) is 0 Å². The summed E-state index contributed by atoms with van der Waals surface area (Å²) in [5.41, 5.74) is 0.750. The van der Waals surface area contributed by atoms with Crippen LogP contribution in [-0.4, -0.2) is 28.4 Å². The molecule has 1 saturated heterocycles. The van der Waals surface area contributed by atoms with Crippen molar-refractivity contribution in [2.24, 2.45) is 5.92 Å². The van der Waals surface area contributed by atoms with Crippen LogP contribution in [0.1, 0.15) is 6.42 Å². The number of benzene rings is 1. The highest BCUT2D eigenvalue weighted by molar-refractivity contribution is 9.10. The minimum absolute atomic E-state index is 0.103. The maximum atomic E-state index is 12.3. The standard InChI is InChI=1S/C16H14BrN3O3/c17-11-3-1-4-12(8-11)20-9-10(7-14(20)22)16(23)19-15-13(21)5-2-6-18-15/h1-6,8,10,21H,7,9H2,(H,18,19,23)/t10-/m1/s1. The van der Waals surface area contributed by atoms with Gasteiger partial charge in [0.2, 0.25) is 11.8 Å². The van der Waals surface area contributed by atoms with E-state index in [-0.39, 0.29) is 29.8 Å². The number of aromatic hydroxyl groups is 1. The second-order valence-electron chi connectivity index (χ2n) is 5.25. The lowest BCUT2D eigenvalue weighted by Crippen LogP contribution is -2.28. The van der Waals surface area contributed by atoms with E-state index < -0.39 is 5.92 Å². The third-order valence-corrected chi connectivity index (χ3v) is 4.14. The summed E-state index contributed by atoms with van der Waals surface area (Å²) in [6.07, 6.45) is 1.61. The van der Waals surface area contributed by atoms with Crippen molar-refractivity contribution in [3.05, 3.63) is 47.1 Å². The molecule has 2 aromatic rings. The number of nitrogens with zero attached hydrogens (tertiary/aromatic N) is 2. The Morgan fingerprint density at radius 2 is 2.17 bits per heavy atom. The predicted octanol–water partition coefficient (Wildman–Crippen LogP) is 2.54. The Labute approximate surface area is 141 Å². The van der Waals surface area contributed by atoms with Crippen molar-refractivity contribution in [3.8, 4) is 5.75 Å². The third kappa shape index (κ3) is 3.34. The second kappa shape index (κ2) is 6.37. The Morgan fingerprint density at radius 1 is 1.35 bits per heavy atom. The molecular weight excluding hydrogens is 362 g/mol. The van der Waals surface area contributed by atoms with Crippen molar-refractivity contribution in [2.45, 2.75) is 6.42 Å². The lowest BCUT2D eigenvalue weighted by atomic mass is 10.1. The molecule has 6 nitrogen and oxygen atoms in total. The molecular formula is C16H14BrN3O3. The van der Waals surface area contributed by atoms with Crippen molar-refractivity contribution >= 4 is 39.2 Å². The number of rotatable bonds is 3. The molecule has 1 aromatic carbocycles. The van der Waals surface area contributed by atoms with Crippen LogP contribution in [0.5, 0.6) is 5.75 Å². The minimum Gasteiger partial charge on any atom is -0.504 e. The van der Waals surface area contributed by atoms with Gasteiger partial charge in [0, 0.05) is 29.3 Å². The van der Waals surface area contributed by atoms with Crippen LogP contribution < -0.4 is 10.2 Å². The fourth-order valence-electron chi connectivity index (χ4n) is 2.49. The normalized spacial score (nSPS) is 17.3. The van der Waals surface area contributed by atoms with Crippen LogP contribution in [-0.2, 0) is 9.59 Å². The molecule has 0 bridgehead atoms. The zero-order valence-electron chi connectivity index (χ0n) is 12.1. The molecule has 1 aliphatic rings. The molecule has 2 N–H and O–H groups in total. The molecule has 23 heavy (non-hydrogen) atoms. The number of amides is 2. The second-order valence-corrected chi connectivity index (χ2v) is 6.16. The summed E-state index contributed by atoms with van der Waals surface area (Å²) in [6, 6.07) is 10.4. The molecule has 1 atom stereocenters. The van der Waals surface area contributed by atoms with Gasteiger partial charge in [-0.1, -0.05) is 22.0 Å². The average molecular weight is 376 g/mol. The van der Waals surface area contributed by atoms with Gasteiger partial charge in [-0.05, 0) is 30.3 Å². The number of aromatic nitrogens is 1. The fraction of sp³-hybridized carbons (Fsp3) is 0.188. The summed E-state index contributed by atoms with van der Waals surface area (Å²) >= 11 is 3.37. The molecule has 0 aliphatic carbocycles. The zero-order chi connectivity index (χ0) is 16.4. The van der Waals surface area contributed by atoms with Gasteiger partial charge in [-0.25, -0.2) is 4.98 Å². The first-order valence-corrected chi connectivity index (χ1v) is 7.84. The molecule has 1 aromatic heterocycles. The Morgan fingerprint density at radius 3 is 2.91 bits per heavy atom. The molecule has 3 rings (SSSR count). The number of hydrogen-bond donors (Lipinski definition) is 2. The van der Waals surface area contributed by atoms with Crippen molar-refractivity contribution in [3.63, 3.8) is 0 Å². The van der Waals surface area contributed by atoms with Crippen LogP contribution in [0.15, 0.2) is 47.1 Å². The molecule has 0 saturated carbocycles. The summed E-state index contributed by atoms with van der Waals surface area (Å²) in [4.78, 5) is 30.0. The van der Waals surface area contributed by atoms with Gasteiger partial charge in [0.15, 0.2) is 11.6 Å². The van der Waals surface area contributed by atoms with Crippen LogP contribution in [0.25, 0.3) is 0 Å². The van der Waals surface area contributed by atoms with E-state index in [0.717, 1.165) is 10.2 Å². The van der Waals surface area contributed by atoms with Crippen LogP contribution in [0.2, 0.25) is 0 Å². The van der Waals surface area contributed by atoms with Crippen molar-refractivity contribution < 1.29 is 14.7 Å². The minimum atomic E-state index is -0.483. The van der Waals surface area contributed by atoms with Gasteiger partial charge in [0.1, 0.15) is 0 Å². The number of nitrogens with one attached hydrogen (secondary N) is 1. The predicted molar refractivity (Wildman–Crippen MR) is 89.1 cm³/mol. The molecule has 0 unspecified atom stereocenters. The molecule has 118 valence electrons. The van der Waals surface area contributed by atoms with Crippen LogP contribution in [0.3, 0.4) is 0 Å². The quantitative estimate of drug-likeness (QED) is 0.863. The highest BCUT2D eigenvalue weighted by Gasteiger charge is 2.35. The fourth-order valence-corrected chi connectivity index (χ4v) is 2.88. The summed E-state index contributed by atoms with van der Waals surface area (Å²) in [6.45, 7) is 0.300. The topological polar surface area (TPSA) is 82.5 Å². The molecule has 0 spiro atoms. The van der Waals surface area contributed by atoms with Crippen LogP contribution >= 0.6 is 15.9 Å². The first kappa shape index (κ1) is 15.5. The number of halogens is 1. The Bertz CT molecular complexity index is 766. The van der Waals surface area contributed by atoms with Gasteiger partial charge in [-0.15, -0.1) is 0 Å². The summed E-state index contributed by atoms with van der Waals surface area (Å²) in [5.74, 6) is -0.916. The molecule has 0 radical (unpaired) electrons. The van der Waals surface area contributed by atoms with E-state index in [1.807, 2.05) is 24.3 Å². The molecule has 1 fully saturated rings. The number of pyridine rings is 1. The van der Waals surface area contributed by atoms with Crippen LogP contribution in [0, 0.1) is 5.92 Å². The SMILES string of the molecule is O=C(Nc1ncccc1O)[C@@H]1CC(=O)N(c2cccc(Br)c2)C1.